The van der Waals surface area contributed by atoms with Crippen molar-refractivity contribution in [1.29, 1.82) is 5.26 Å². The average molecular weight is 425 g/mol. The number of nitrogens with zero attached hydrogens (tertiary/aromatic N) is 2. The van der Waals surface area contributed by atoms with E-state index < -0.39 is 5.25 Å². The Hall–Kier alpha value is -2.82. The maximum Gasteiger partial charge on any atom is 0.319 e. The third kappa shape index (κ3) is 4.61. The Kier molecular flexibility index (Phi) is 6.91. The van der Waals surface area contributed by atoms with Gasteiger partial charge in [0.05, 0.1) is 30.4 Å². The molecule has 0 N–H and O–H groups in total. The number of thioether (sulfide) groups is 1. The van der Waals surface area contributed by atoms with E-state index in [0.717, 1.165) is 27.4 Å². The quantitative estimate of drug-likeness (QED) is 0.373. The third-order valence-electron chi connectivity index (χ3n) is 4.36. The van der Waals surface area contributed by atoms with Gasteiger partial charge in [-0.3, -0.25) is 4.79 Å². The first-order valence-electron chi connectivity index (χ1n) is 8.99. The second-order valence-electron chi connectivity index (χ2n) is 6.09. The first-order chi connectivity index (χ1) is 14.1. The lowest BCUT2D eigenvalue weighted by atomic mass is 10.0. The van der Waals surface area contributed by atoms with Gasteiger partial charge in [0.15, 0.2) is 0 Å². The van der Waals surface area contributed by atoms with Gasteiger partial charge in [-0.25, -0.2) is 4.98 Å². The summed E-state index contributed by atoms with van der Waals surface area (Å²) in [7, 11) is 2.98. The summed E-state index contributed by atoms with van der Waals surface area (Å²) in [6, 6.07) is 15.7. The van der Waals surface area contributed by atoms with Gasteiger partial charge in [-0.15, -0.1) is 11.3 Å². The lowest BCUT2D eigenvalue weighted by molar-refractivity contribution is -0.140. The second-order valence-corrected chi connectivity index (χ2v) is 8.23. The largest absolute Gasteiger partial charge is 0.497 e. The molecular formula is C22H20N2O3S2. The minimum absolute atomic E-state index is 0.323. The second kappa shape index (κ2) is 9.59. The van der Waals surface area contributed by atoms with E-state index in [0.29, 0.717) is 17.0 Å². The number of hydrogen-bond acceptors (Lipinski definition) is 7. The number of hydrogen-bond donors (Lipinski definition) is 0. The molecular weight excluding hydrogens is 404 g/mol. The van der Waals surface area contributed by atoms with Crippen LogP contribution in [-0.4, -0.2) is 30.4 Å². The predicted molar refractivity (Wildman–Crippen MR) is 116 cm³/mol. The Labute approximate surface area is 178 Å². The number of thiophene rings is 1. The molecule has 2 heterocycles. The van der Waals surface area contributed by atoms with Crippen LogP contribution in [0.15, 0.2) is 52.9 Å². The van der Waals surface area contributed by atoms with Crippen LogP contribution in [0.4, 0.5) is 0 Å². The first-order valence-corrected chi connectivity index (χ1v) is 10.7. The van der Waals surface area contributed by atoms with Gasteiger partial charge >= 0.3 is 5.97 Å². The Morgan fingerprint density at radius 2 is 2.03 bits per heavy atom. The summed E-state index contributed by atoms with van der Waals surface area (Å²) in [4.78, 5) is 17.8. The van der Waals surface area contributed by atoms with Gasteiger partial charge in [-0.2, -0.15) is 5.26 Å². The number of aromatic nitrogens is 1. The summed E-state index contributed by atoms with van der Waals surface area (Å²) in [5.74, 6) is 0.418. The van der Waals surface area contributed by atoms with Crippen LogP contribution in [0.2, 0.25) is 0 Å². The van der Waals surface area contributed by atoms with Crippen LogP contribution in [0.1, 0.15) is 18.9 Å². The number of carbonyl (C=O) groups is 1. The van der Waals surface area contributed by atoms with Crippen LogP contribution in [0.3, 0.4) is 0 Å². The minimum atomic E-state index is -0.429. The molecule has 0 fully saturated rings. The molecule has 2 aromatic heterocycles. The molecule has 0 saturated carbocycles. The van der Waals surface area contributed by atoms with Crippen LogP contribution < -0.4 is 4.74 Å². The molecule has 0 aliphatic heterocycles. The molecule has 0 aliphatic carbocycles. The first kappa shape index (κ1) is 20.9. The zero-order chi connectivity index (χ0) is 20.8. The van der Waals surface area contributed by atoms with Gasteiger partial charge in [-0.1, -0.05) is 36.9 Å². The highest BCUT2D eigenvalue weighted by atomic mass is 32.2. The van der Waals surface area contributed by atoms with Crippen molar-refractivity contribution in [2.24, 2.45) is 0 Å². The van der Waals surface area contributed by atoms with E-state index in [1.807, 2.05) is 54.8 Å². The number of methoxy groups -OCH3 is 2. The molecule has 148 valence electrons. The number of benzene rings is 1. The molecule has 0 spiro atoms. The molecule has 1 unspecified atom stereocenters. The van der Waals surface area contributed by atoms with E-state index in [4.69, 9.17) is 14.5 Å². The molecule has 1 aromatic carbocycles. The normalized spacial score (nSPS) is 11.5. The van der Waals surface area contributed by atoms with E-state index in [1.165, 1.54) is 18.9 Å². The summed E-state index contributed by atoms with van der Waals surface area (Å²) in [5.41, 5.74) is 2.88. The van der Waals surface area contributed by atoms with Gasteiger partial charge < -0.3 is 9.47 Å². The number of esters is 1. The van der Waals surface area contributed by atoms with E-state index in [1.54, 1.807) is 18.4 Å². The van der Waals surface area contributed by atoms with Gasteiger partial charge in [0.25, 0.3) is 0 Å². The smallest absolute Gasteiger partial charge is 0.319 e. The van der Waals surface area contributed by atoms with E-state index in [9.17, 15) is 10.1 Å². The molecule has 0 bridgehead atoms. The fourth-order valence-corrected chi connectivity index (χ4v) is 4.57. The van der Waals surface area contributed by atoms with Gasteiger partial charge in [0.2, 0.25) is 0 Å². The molecule has 29 heavy (non-hydrogen) atoms. The van der Waals surface area contributed by atoms with Crippen molar-refractivity contribution in [3.8, 4) is 33.5 Å². The molecule has 7 heteroatoms. The lowest BCUT2D eigenvalue weighted by Crippen LogP contribution is -2.18. The van der Waals surface area contributed by atoms with Crippen LogP contribution >= 0.6 is 23.1 Å². The van der Waals surface area contributed by atoms with E-state index in [2.05, 4.69) is 6.07 Å². The number of pyridine rings is 1. The molecule has 0 aliphatic rings. The zero-order valence-electron chi connectivity index (χ0n) is 16.3. The number of nitriles is 1. The van der Waals surface area contributed by atoms with E-state index in [-0.39, 0.29) is 5.97 Å². The van der Waals surface area contributed by atoms with Crippen LogP contribution in [0.25, 0.3) is 21.7 Å². The lowest BCUT2D eigenvalue weighted by Gasteiger charge is -2.15. The molecule has 1 atom stereocenters. The van der Waals surface area contributed by atoms with Crippen molar-refractivity contribution < 1.29 is 14.3 Å². The van der Waals surface area contributed by atoms with Crippen molar-refractivity contribution in [2.75, 3.05) is 14.2 Å². The van der Waals surface area contributed by atoms with Crippen molar-refractivity contribution in [3.05, 3.63) is 53.4 Å². The fraction of sp³-hybridized carbons (Fsp3) is 0.227. The topological polar surface area (TPSA) is 72.2 Å². The summed E-state index contributed by atoms with van der Waals surface area (Å²) in [6.45, 7) is 1.91. The molecule has 5 nitrogen and oxygen atoms in total. The maximum atomic E-state index is 12.1. The number of carbonyl (C=O) groups excluding carboxylic acids is 1. The SMILES string of the molecule is CCC(Sc1nc(-c2cccs2)cc(-c2ccc(OC)cc2)c1C#N)C(=O)OC. The summed E-state index contributed by atoms with van der Waals surface area (Å²) in [5, 5.41) is 12.0. The zero-order valence-corrected chi connectivity index (χ0v) is 18.0. The Balaban J connectivity index is 2.16. The molecule has 3 rings (SSSR count). The van der Waals surface area contributed by atoms with Crippen LogP contribution in [0, 0.1) is 11.3 Å². The van der Waals surface area contributed by atoms with Crippen LogP contribution in [-0.2, 0) is 9.53 Å². The van der Waals surface area contributed by atoms with Crippen molar-refractivity contribution in [2.45, 2.75) is 23.6 Å². The standard InChI is InChI=1S/C22H20N2O3S2/c1-4-19(22(25)27-3)29-21-17(13-23)16(14-7-9-15(26-2)10-8-14)12-18(24-21)20-6-5-11-28-20/h5-12,19H,4H2,1-3H3. The summed E-state index contributed by atoms with van der Waals surface area (Å²) in [6.07, 6.45) is 0.574. The Bertz CT molecular complexity index is 1030. The molecule has 3 aromatic rings. The van der Waals surface area contributed by atoms with Gasteiger partial charge in [0, 0.05) is 5.56 Å². The van der Waals surface area contributed by atoms with Gasteiger partial charge in [-0.05, 0) is 41.6 Å². The molecule has 0 amide bonds. The van der Waals surface area contributed by atoms with Crippen molar-refractivity contribution >= 4 is 29.1 Å². The average Bonchev–Trinajstić information content (AvgIpc) is 3.31. The Morgan fingerprint density at radius 3 is 2.59 bits per heavy atom. The molecule has 0 radical (unpaired) electrons. The summed E-state index contributed by atoms with van der Waals surface area (Å²) < 4.78 is 10.2. The van der Waals surface area contributed by atoms with Gasteiger partial charge in [0.1, 0.15) is 22.1 Å². The van der Waals surface area contributed by atoms with Crippen molar-refractivity contribution in [1.82, 2.24) is 4.98 Å². The molecule has 0 saturated heterocycles. The highest BCUT2D eigenvalue weighted by Crippen LogP contribution is 2.37. The monoisotopic (exact) mass is 424 g/mol. The van der Waals surface area contributed by atoms with E-state index >= 15 is 0 Å². The highest BCUT2D eigenvalue weighted by molar-refractivity contribution is 8.00. The highest BCUT2D eigenvalue weighted by Gasteiger charge is 2.24. The summed E-state index contributed by atoms with van der Waals surface area (Å²) >= 11 is 2.85. The Morgan fingerprint density at radius 1 is 1.28 bits per heavy atom. The maximum absolute atomic E-state index is 12.1. The van der Waals surface area contributed by atoms with Crippen molar-refractivity contribution in [3.63, 3.8) is 0 Å². The number of rotatable bonds is 7. The minimum Gasteiger partial charge on any atom is -0.497 e. The predicted octanol–water partition coefficient (Wildman–Crippen LogP) is 5.40. The fourth-order valence-electron chi connectivity index (χ4n) is 2.83. The van der Waals surface area contributed by atoms with Crippen LogP contribution in [0.5, 0.6) is 5.75 Å². The third-order valence-corrected chi connectivity index (χ3v) is 6.58. The number of ether oxygens (including phenoxy) is 2.